The summed E-state index contributed by atoms with van der Waals surface area (Å²) >= 11 is 1.89. The standard InChI is InChI=1S/C49H61N5O11S/c55-41(19-6-2-10-28-50-42(56)20-9-8-18-40-46-39(33-66-40)52-48(61)53-46)51-29-13-31-63-38-17-12-16-37(32-38)49(62,35-14-4-1-5-15-35)36-24-22-34(23-25-36)47(60)64-30-11-3-7-21-45(59)65-54-43(57)26-27-44(54)58/h1,4-5,12,14-17,22-25,32,39-40,46,62H,2-3,6-11,13,18-21,26-31,33H2,(H,50,56)(H,51,55)(H2,52,53,61)/t39?,40-,46?,49?/m1/s1. The molecule has 0 radical (unpaired) electrons. The lowest BCUT2D eigenvalue weighted by molar-refractivity contribution is -0.197. The zero-order valence-corrected chi connectivity index (χ0v) is 38.1. The number of esters is 1. The van der Waals surface area contributed by atoms with Gasteiger partial charge in [0.15, 0.2) is 0 Å². The van der Waals surface area contributed by atoms with Crippen molar-refractivity contribution in [1.29, 1.82) is 0 Å². The van der Waals surface area contributed by atoms with E-state index in [0.29, 0.717) is 96.5 Å². The molecule has 3 saturated heterocycles. The van der Waals surface area contributed by atoms with E-state index in [0.717, 1.165) is 44.3 Å². The third-order valence-electron chi connectivity index (χ3n) is 11.8. The molecular weight excluding hydrogens is 867 g/mol. The lowest BCUT2D eigenvalue weighted by Gasteiger charge is -2.30. The van der Waals surface area contributed by atoms with E-state index < -0.39 is 29.4 Å². The molecular formula is C49H61N5O11S. The molecule has 3 unspecified atom stereocenters. The Bertz CT molecular complexity index is 2130. The first kappa shape index (κ1) is 49.5. The summed E-state index contributed by atoms with van der Waals surface area (Å²) in [6, 6.07) is 23.3. The van der Waals surface area contributed by atoms with Gasteiger partial charge in [-0.05, 0) is 92.3 Å². The number of hydrogen-bond donors (Lipinski definition) is 5. The third-order valence-corrected chi connectivity index (χ3v) is 13.3. The van der Waals surface area contributed by atoms with Gasteiger partial charge in [0.25, 0.3) is 11.8 Å². The molecule has 6 amide bonds. The Balaban J connectivity index is 0.848. The lowest BCUT2D eigenvalue weighted by atomic mass is 9.80. The molecule has 6 rings (SSSR count). The van der Waals surface area contributed by atoms with E-state index in [2.05, 4.69) is 21.3 Å². The van der Waals surface area contributed by atoms with E-state index in [9.17, 15) is 38.7 Å². The fraction of sp³-hybridized carbons (Fsp3) is 0.490. The number of fused-ring (bicyclic) bond motifs is 1. The number of carbonyl (C=O) groups excluding carboxylic acids is 7. The molecule has 0 spiro atoms. The van der Waals surface area contributed by atoms with Crippen LogP contribution in [0, 0.1) is 0 Å². The highest BCUT2D eigenvalue weighted by Gasteiger charge is 2.42. The molecule has 0 aromatic heterocycles. The summed E-state index contributed by atoms with van der Waals surface area (Å²) in [6.45, 7) is 1.51. The van der Waals surface area contributed by atoms with Gasteiger partial charge in [-0.15, -0.1) is 5.06 Å². The number of nitrogens with one attached hydrogen (secondary N) is 4. The van der Waals surface area contributed by atoms with E-state index in [-0.39, 0.29) is 55.8 Å². The molecule has 0 saturated carbocycles. The Kier molecular flexibility index (Phi) is 18.8. The maximum Gasteiger partial charge on any atom is 0.338 e. The van der Waals surface area contributed by atoms with Crippen LogP contribution in [0.4, 0.5) is 4.79 Å². The molecule has 16 nitrogen and oxygen atoms in total. The maximum absolute atomic E-state index is 12.9. The molecule has 354 valence electrons. The van der Waals surface area contributed by atoms with Crippen LogP contribution in [0.5, 0.6) is 5.75 Å². The Morgan fingerprint density at radius 3 is 2.09 bits per heavy atom. The van der Waals surface area contributed by atoms with Gasteiger partial charge in [-0.3, -0.25) is 19.2 Å². The number of rotatable bonds is 27. The van der Waals surface area contributed by atoms with Crippen molar-refractivity contribution in [2.75, 3.05) is 32.1 Å². The number of urea groups is 1. The molecule has 3 heterocycles. The molecule has 3 fully saturated rings. The monoisotopic (exact) mass is 927 g/mol. The van der Waals surface area contributed by atoms with Crippen LogP contribution in [0.15, 0.2) is 78.9 Å². The molecule has 0 bridgehead atoms. The van der Waals surface area contributed by atoms with Crippen LogP contribution in [0.3, 0.4) is 0 Å². The molecule has 4 atom stereocenters. The second-order valence-corrected chi connectivity index (χ2v) is 18.0. The number of ether oxygens (including phenoxy) is 2. The van der Waals surface area contributed by atoms with Crippen LogP contribution >= 0.6 is 11.8 Å². The lowest BCUT2D eigenvalue weighted by Crippen LogP contribution is -2.36. The molecule has 17 heteroatoms. The van der Waals surface area contributed by atoms with Crippen molar-refractivity contribution in [3.8, 4) is 5.75 Å². The maximum atomic E-state index is 12.9. The Labute approximate surface area is 389 Å². The van der Waals surface area contributed by atoms with Crippen LogP contribution in [0.1, 0.15) is 123 Å². The minimum atomic E-state index is -1.59. The number of aliphatic hydroxyl groups is 1. The van der Waals surface area contributed by atoms with Gasteiger partial charge in [-0.2, -0.15) is 11.8 Å². The van der Waals surface area contributed by atoms with Gasteiger partial charge < -0.3 is 40.7 Å². The average Bonchev–Trinajstić information content (AvgIpc) is 3.99. The molecule has 3 aliphatic rings. The smallest absolute Gasteiger partial charge is 0.338 e. The van der Waals surface area contributed by atoms with E-state index in [1.807, 2.05) is 48.2 Å². The van der Waals surface area contributed by atoms with Gasteiger partial charge in [0, 0.05) is 56.2 Å². The number of hydrogen-bond acceptors (Lipinski definition) is 12. The van der Waals surface area contributed by atoms with Gasteiger partial charge in [0.05, 0.1) is 30.9 Å². The second kappa shape index (κ2) is 25.1. The van der Waals surface area contributed by atoms with Crippen molar-refractivity contribution < 1.29 is 53.0 Å². The molecule has 0 aliphatic carbocycles. The number of thioether (sulfide) groups is 1. The van der Waals surface area contributed by atoms with E-state index in [4.69, 9.17) is 14.3 Å². The predicted octanol–water partition coefficient (Wildman–Crippen LogP) is 5.58. The van der Waals surface area contributed by atoms with E-state index >= 15 is 0 Å². The molecule has 66 heavy (non-hydrogen) atoms. The number of amides is 6. The van der Waals surface area contributed by atoms with Crippen LogP contribution in [-0.2, 0) is 39.1 Å². The summed E-state index contributed by atoms with van der Waals surface area (Å²) in [5.74, 6) is -0.741. The number of carbonyl (C=O) groups is 7. The highest BCUT2D eigenvalue weighted by Crippen LogP contribution is 2.38. The summed E-state index contributed by atoms with van der Waals surface area (Å²) in [7, 11) is 0. The van der Waals surface area contributed by atoms with Crippen LogP contribution in [0.25, 0.3) is 0 Å². The van der Waals surface area contributed by atoms with Crippen molar-refractivity contribution in [2.24, 2.45) is 0 Å². The zero-order chi connectivity index (χ0) is 46.7. The summed E-state index contributed by atoms with van der Waals surface area (Å²) in [6.07, 6.45) is 8.20. The summed E-state index contributed by atoms with van der Waals surface area (Å²) < 4.78 is 11.5. The first-order chi connectivity index (χ1) is 32.0. The van der Waals surface area contributed by atoms with Crippen LogP contribution in [0.2, 0.25) is 0 Å². The number of benzene rings is 3. The van der Waals surface area contributed by atoms with Crippen molar-refractivity contribution in [2.45, 2.75) is 119 Å². The minimum Gasteiger partial charge on any atom is -0.494 e. The van der Waals surface area contributed by atoms with Gasteiger partial charge in [-0.1, -0.05) is 67.4 Å². The van der Waals surface area contributed by atoms with Gasteiger partial charge in [-0.25, -0.2) is 14.4 Å². The van der Waals surface area contributed by atoms with E-state index in [1.54, 1.807) is 42.5 Å². The van der Waals surface area contributed by atoms with Crippen LogP contribution < -0.4 is 26.0 Å². The van der Waals surface area contributed by atoms with Gasteiger partial charge in [0.1, 0.15) is 11.4 Å². The molecule has 3 aromatic rings. The molecule has 5 N–H and O–H groups in total. The SMILES string of the molecule is O=C(CCCC[C@H]1SCC2NC(=O)NC21)NCCCCCC(=O)NCCCOc1cccc(C(O)(c2ccccc2)c2ccc(C(=O)OCCCCCC(=O)ON3C(=O)CCC3=O)cc2)c1. The summed E-state index contributed by atoms with van der Waals surface area (Å²) in [4.78, 5) is 89.2. The predicted molar refractivity (Wildman–Crippen MR) is 246 cm³/mol. The topological polar surface area (TPSA) is 219 Å². The quantitative estimate of drug-likeness (QED) is 0.0208. The molecule has 3 aromatic carbocycles. The van der Waals surface area contributed by atoms with Gasteiger partial charge in [0.2, 0.25) is 11.8 Å². The summed E-state index contributed by atoms with van der Waals surface area (Å²) in [5.41, 5.74) is 0.418. The second-order valence-electron chi connectivity index (χ2n) is 16.8. The minimum absolute atomic E-state index is 0.0195. The van der Waals surface area contributed by atoms with Crippen molar-refractivity contribution >= 4 is 53.4 Å². The number of imide groups is 1. The fourth-order valence-electron chi connectivity index (χ4n) is 8.20. The van der Waals surface area contributed by atoms with Crippen molar-refractivity contribution in [1.82, 2.24) is 26.3 Å². The first-order valence-electron chi connectivity index (χ1n) is 23.1. The third kappa shape index (κ3) is 14.3. The fourth-order valence-corrected chi connectivity index (χ4v) is 9.74. The van der Waals surface area contributed by atoms with Crippen molar-refractivity contribution in [3.05, 3.63) is 101 Å². The average molecular weight is 928 g/mol. The van der Waals surface area contributed by atoms with E-state index in [1.165, 1.54) is 0 Å². The summed E-state index contributed by atoms with van der Waals surface area (Å²) in [5, 5.41) is 25.3. The molecule has 3 aliphatic heterocycles. The van der Waals surface area contributed by atoms with Crippen molar-refractivity contribution in [3.63, 3.8) is 0 Å². The Morgan fingerprint density at radius 1 is 0.697 bits per heavy atom. The van der Waals surface area contributed by atoms with Gasteiger partial charge >= 0.3 is 18.0 Å². The largest absolute Gasteiger partial charge is 0.494 e. The highest BCUT2D eigenvalue weighted by molar-refractivity contribution is 8.00. The highest BCUT2D eigenvalue weighted by atomic mass is 32.2. The normalized spacial score (nSPS) is 18.5. The Morgan fingerprint density at radius 2 is 1.35 bits per heavy atom. The first-order valence-corrected chi connectivity index (χ1v) is 24.1. The number of unbranched alkanes of at least 4 members (excludes halogenated alkanes) is 5. The number of nitrogens with zero attached hydrogens (tertiary/aromatic N) is 1. The number of hydroxylamine groups is 2. The van der Waals surface area contributed by atoms with Crippen LogP contribution in [-0.4, -0.2) is 101 Å². The zero-order valence-electron chi connectivity index (χ0n) is 37.3. The Hall–Kier alpha value is -5.94.